The van der Waals surface area contributed by atoms with Crippen LogP contribution in [0, 0.1) is 0 Å². The molecule has 2 N–H and O–H groups in total. The van der Waals surface area contributed by atoms with E-state index in [0.717, 1.165) is 5.69 Å². The van der Waals surface area contributed by atoms with Crippen LogP contribution in [0.3, 0.4) is 0 Å². The first-order valence-corrected chi connectivity index (χ1v) is 6.48. The number of nitrogens with two attached hydrogens (primary N) is 1. The lowest BCUT2D eigenvalue weighted by Gasteiger charge is -2.19. The molecule has 6 heteroatoms. The summed E-state index contributed by atoms with van der Waals surface area (Å²) in [5.41, 5.74) is 6.35. The molecule has 2 rings (SSSR count). The number of rotatable bonds is 2. The number of ether oxygens (including phenoxy) is 1. The van der Waals surface area contributed by atoms with Crippen LogP contribution in [0.1, 0.15) is 31.1 Å². The second-order valence-corrected chi connectivity index (χ2v) is 5.77. The Bertz CT molecular complexity index is 627. The normalized spacial score (nSPS) is 11.4. The quantitative estimate of drug-likeness (QED) is 0.864. The molecular weight excluding hydrogens is 278 g/mol. The van der Waals surface area contributed by atoms with Gasteiger partial charge in [0.15, 0.2) is 0 Å². The zero-order chi connectivity index (χ0) is 14.9. The summed E-state index contributed by atoms with van der Waals surface area (Å²) in [4.78, 5) is 12.0. The van der Waals surface area contributed by atoms with E-state index in [1.54, 1.807) is 45.0 Å². The summed E-state index contributed by atoms with van der Waals surface area (Å²) < 4.78 is 6.75. The number of aromatic nitrogens is 2. The molecule has 5 nitrogen and oxygen atoms in total. The number of benzene rings is 1. The van der Waals surface area contributed by atoms with Crippen molar-refractivity contribution in [2.24, 2.45) is 0 Å². The van der Waals surface area contributed by atoms with Crippen LogP contribution >= 0.6 is 11.6 Å². The molecule has 0 bridgehead atoms. The SMILES string of the molecule is CC(C)(C)OC(=O)c1cnn(-c2ccc(Cl)cc2)c1N. The van der Waals surface area contributed by atoms with Crippen molar-refractivity contribution < 1.29 is 9.53 Å². The average molecular weight is 294 g/mol. The second-order valence-electron chi connectivity index (χ2n) is 5.33. The summed E-state index contributed by atoms with van der Waals surface area (Å²) in [6.07, 6.45) is 1.40. The first-order chi connectivity index (χ1) is 9.28. The highest BCUT2D eigenvalue weighted by Crippen LogP contribution is 2.21. The molecule has 1 aromatic carbocycles. The van der Waals surface area contributed by atoms with Gasteiger partial charge in [-0.3, -0.25) is 0 Å². The first-order valence-electron chi connectivity index (χ1n) is 6.11. The maximum absolute atomic E-state index is 12.0. The molecule has 20 heavy (non-hydrogen) atoms. The number of anilines is 1. The molecule has 0 saturated carbocycles. The summed E-state index contributed by atoms with van der Waals surface area (Å²) in [5, 5.41) is 4.73. The van der Waals surface area contributed by atoms with E-state index in [-0.39, 0.29) is 11.4 Å². The van der Waals surface area contributed by atoms with Gasteiger partial charge in [0, 0.05) is 5.02 Å². The highest BCUT2D eigenvalue weighted by atomic mass is 35.5. The van der Waals surface area contributed by atoms with Gasteiger partial charge in [-0.15, -0.1) is 0 Å². The Balaban J connectivity index is 2.32. The fourth-order valence-corrected chi connectivity index (χ4v) is 1.76. The van der Waals surface area contributed by atoms with Gasteiger partial charge in [-0.25, -0.2) is 9.48 Å². The molecule has 0 unspecified atom stereocenters. The number of carbonyl (C=O) groups is 1. The van der Waals surface area contributed by atoms with Crippen molar-refractivity contribution in [3.05, 3.63) is 41.0 Å². The van der Waals surface area contributed by atoms with Crippen LogP contribution in [-0.2, 0) is 4.74 Å². The Morgan fingerprint density at radius 3 is 2.45 bits per heavy atom. The number of esters is 1. The van der Waals surface area contributed by atoms with Crippen LogP contribution in [0.5, 0.6) is 0 Å². The van der Waals surface area contributed by atoms with E-state index in [2.05, 4.69) is 5.10 Å². The largest absolute Gasteiger partial charge is 0.456 e. The molecule has 0 spiro atoms. The van der Waals surface area contributed by atoms with E-state index in [0.29, 0.717) is 5.02 Å². The summed E-state index contributed by atoms with van der Waals surface area (Å²) in [6, 6.07) is 6.99. The predicted molar refractivity (Wildman–Crippen MR) is 78.2 cm³/mol. The lowest BCUT2D eigenvalue weighted by Crippen LogP contribution is -2.24. The molecule has 1 aromatic heterocycles. The third-order valence-corrected chi connectivity index (χ3v) is 2.75. The van der Waals surface area contributed by atoms with E-state index in [4.69, 9.17) is 22.1 Å². The Labute approximate surface area is 122 Å². The Morgan fingerprint density at radius 1 is 1.30 bits per heavy atom. The molecule has 0 saturated heterocycles. The second kappa shape index (κ2) is 5.17. The monoisotopic (exact) mass is 293 g/mol. The molecule has 0 aliphatic heterocycles. The van der Waals surface area contributed by atoms with Crippen molar-refractivity contribution in [1.29, 1.82) is 0 Å². The van der Waals surface area contributed by atoms with Gasteiger partial charge in [0.05, 0.1) is 11.9 Å². The zero-order valence-electron chi connectivity index (χ0n) is 11.6. The molecular formula is C14H16ClN3O2. The first kappa shape index (κ1) is 14.4. The zero-order valence-corrected chi connectivity index (χ0v) is 12.3. The van der Waals surface area contributed by atoms with Gasteiger partial charge in [-0.2, -0.15) is 5.10 Å². The highest BCUT2D eigenvalue weighted by Gasteiger charge is 2.22. The third-order valence-electron chi connectivity index (χ3n) is 2.50. The molecule has 0 radical (unpaired) electrons. The van der Waals surface area contributed by atoms with Gasteiger partial charge < -0.3 is 10.5 Å². The molecule has 2 aromatic rings. The molecule has 0 fully saturated rings. The van der Waals surface area contributed by atoms with Gasteiger partial charge >= 0.3 is 5.97 Å². The Morgan fingerprint density at radius 2 is 1.90 bits per heavy atom. The number of nitrogens with zero attached hydrogens (tertiary/aromatic N) is 2. The van der Waals surface area contributed by atoms with Gasteiger partial charge in [0.1, 0.15) is 17.0 Å². The van der Waals surface area contributed by atoms with Crippen LogP contribution in [0.4, 0.5) is 5.82 Å². The average Bonchev–Trinajstić information content (AvgIpc) is 2.70. The van der Waals surface area contributed by atoms with E-state index in [1.165, 1.54) is 10.9 Å². The molecule has 0 aliphatic carbocycles. The minimum absolute atomic E-state index is 0.238. The fraction of sp³-hybridized carbons (Fsp3) is 0.286. The maximum Gasteiger partial charge on any atom is 0.344 e. The number of hydrogen-bond donors (Lipinski definition) is 1. The van der Waals surface area contributed by atoms with Crippen molar-refractivity contribution in [3.63, 3.8) is 0 Å². The minimum atomic E-state index is -0.577. The predicted octanol–water partition coefficient (Wildman–Crippen LogP) is 3.06. The standard InChI is InChI=1S/C14H16ClN3O2/c1-14(2,3)20-13(19)11-8-17-18(12(11)16)10-6-4-9(15)5-7-10/h4-8H,16H2,1-3H3. The number of carbonyl (C=O) groups excluding carboxylic acids is 1. The molecule has 1 heterocycles. The van der Waals surface area contributed by atoms with Crippen molar-refractivity contribution in [1.82, 2.24) is 9.78 Å². The minimum Gasteiger partial charge on any atom is -0.456 e. The topological polar surface area (TPSA) is 70.1 Å². The summed E-state index contributed by atoms with van der Waals surface area (Å²) in [6.45, 7) is 5.39. The smallest absolute Gasteiger partial charge is 0.344 e. The van der Waals surface area contributed by atoms with Crippen LogP contribution in [0.15, 0.2) is 30.5 Å². The van der Waals surface area contributed by atoms with Gasteiger partial charge in [-0.05, 0) is 45.0 Å². The van der Waals surface area contributed by atoms with E-state index in [1.807, 2.05) is 0 Å². The van der Waals surface area contributed by atoms with Crippen molar-refractivity contribution in [3.8, 4) is 5.69 Å². The number of nitrogen functional groups attached to an aromatic ring is 1. The molecule has 0 amide bonds. The summed E-state index contributed by atoms with van der Waals surface area (Å²) in [7, 11) is 0. The van der Waals surface area contributed by atoms with Crippen LogP contribution in [0.2, 0.25) is 5.02 Å². The van der Waals surface area contributed by atoms with Gasteiger partial charge in [-0.1, -0.05) is 11.6 Å². The maximum atomic E-state index is 12.0. The van der Waals surface area contributed by atoms with Crippen molar-refractivity contribution in [2.75, 3.05) is 5.73 Å². The van der Waals surface area contributed by atoms with Crippen molar-refractivity contribution >= 4 is 23.4 Å². The third kappa shape index (κ3) is 3.11. The lowest BCUT2D eigenvalue weighted by atomic mass is 10.2. The molecule has 0 atom stereocenters. The van der Waals surface area contributed by atoms with E-state index in [9.17, 15) is 4.79 Å². The van der Waals surface area contributed by atoms with E-state index >= 15 is 0 Å². The van der Waals surface area contributed by atoms with Crippen LogP contribution in [-0.4, -0.2) is 21.4 Å². The van der Waals surface area contributed by atoms with E-state index < -0.39 is 11.6 Å². The summed E-state index contributed by atoms with van der Waals surface area (Å²) >= 11 is 5.83. The van der Waals surface area contributed by atoms with Crippen molar-refractivity contribution in [2.45, 2.75) is 26.4 Å². The van der Waals surface area contributed by atoms with Gasteiger partial charge in [0.2, 0.25) is 0 Å². The lowest BCUT2D eigenvalue weighted by molar-refractivity contribution is 0.00708. The summed E-state index contributed by atoms with van der Waals surface area (Å²) in [5.74, 6) is -0.253. The Hall–Kier alpha value is -2.01. The van der Waals surface area contributed by atoms with Crippen LogP contribution in [0.25, 0.3) is 5.69 Å². The number of hydrogen-bond acceptors (Lipinski definition) is 4. The van der Waals surface area contributed by atoms with Crippen LogP contribution < -0.4 is 5.73 Å². The Kier molecular flexibility index (Phi) is 3.72. The highest BCUT2D eigenvalue weighted by molar-refractivity contribution is 6.30. The number of halogens is 1. The molecule has 0 aliphatic rings. The fourth-order valence-electron chi connectivity index (χ4n) is 1.64. The molecule has 106 valence electrons. The van der Waals surface area contributed by atoms with Gasteiger partial charge in [0.25, 0.3) is 0 Å².